The Balaban J connectivity index is 2.03. The number of ether oxygens (including phenoxy) is 1. The van der Waals surface area contributed by atoms with Gasteiger partial charge in [-0.3, -0.25) is 0 Å². The van der Waals surface area contributed by atoms with Crippen LogP contribution in [0.3, 0.4) is 0 Å². The first-order valence-corrected chi connectivity index (χ1v) is 7.60. The highest BCUT2D eigenvalue weighted by molar-refractivity contribution is 5.34. The van der Waals surface area contributed by atoms with E-state index in [-0.39, 0.29) is 5.41 Å². The van der Waals surface area contributed by atoms with Crippen molar-refractivity contribution in [3.63, 3.8) is 0 Å². The minimum absolute atomic E-state index is 0.243. The second kappa shape index (κ2) is 6.00. The van der Waals surface area contributed by atoms with Gasteiger partial charge < -0.3 is 9.84 Å². The molecule has 1 heterocycles. The fraction of sp³-hybridized carbons (Fsp3) is 0.368. The van der Waals surface area contributed by atoms with E-state index in [9.17, 15) is 5.11 Å². The van der Waals surface area contributed by atoms with Crippen molar-refractivity contribution in [1.82, 2.24) is 0 Å². The molecule has 0 bridgehead atoms. The van der Waals surface area contributed by atoms with Gasteiger partial charge >= 0.3 is 0 Å². The second-order valence-corrected chi connectivity index (χ2v) is 5.95. The van der Waals surface area contributed by atoms with Gasteiger partial charge in [-0.1, -0.05) is 60.2 Å². The summed E-state index contributed by atoms with van der Waals surface area (Å²) in [6.45, 7) is 3.48. The number of hydrogen-bond donors (Lipinski definition) is 1. The van der Waals surface area contributed by atoms with E-state index in [4.69, 9.17) is 4.74 Å². The van der Waals surface area contributed by atoms with Crippen molar-refractivity contribution in [3.05, 3.63) is 71.3 Å². The highest BCUT2D eigenvalue weighted by Crippen LogP contribution is 2.45. The Kier molecular flexibility index (Phi) is 4.09. The maximum Gasteiger partial charge on any atom is 0.0888 e. The Morgan fingerprint density at radius 3 is 2.38 bits per heavy atom. The molecule has 0 radical (unpaired) electrons. The molecule has 110 valence electrons. The van der Waals surface area contributed by atoms with Gasteiger partial charge in [0.2, 0.25) is 0 Å². The smallest absolute Gasteiger partial charge is 0.0888 e. The number of aliphatic hydroxyl groups is 1. The van der Waals surface area contributed by atoms with E-state index in [1.54, 1.807) is 0 Å². The molecule has 0 aliphatic carbocycles. The van der Waals surface area contributed by atoms with E-state index < -0.39 is 6.10 Å². The van der Waals surface area contributed by atoms with Crippen LogP contribution in [0.25, 0.3) is 0 Å². The first-order chi connectivity index (χ1) is 10.2. The molecular weight excluding hydrogens is 260 g/mol. The molecule has 0 saturated carbocycles. The van der Waals surface area contributed by atoms with Gasteiger partial charge in [-0.25, -0.2) is 0 Å². The third kappa shape index (κ3) is 2.74. The molecule has 0 amide bonds. The van der Waals surface area contributed by atoms with Gasteiger partial charge in [0, 0.05) is 18.6 Å². The van der Waals surface area contributed by atoms with Crippen LogP contribution in [-0.4, -0.2) is 18.3 Å². The SMILES string of the molecule is Cc1cccc(C(O)C2(c3ccccc3)CCOCC2)c1. The van der Waals surface area contributed by atoms with Gasteiger partial charge in [0.25, 0.3) is 0 Å². The molecule has 2 nitrogen and oxygen atoms in total. The third-order valence-corrected chi connectivity index (χ3v) is 4.62. The Hall–Kier alpha value is -1.64. The summed E-state index contributed by atoms with van der Waals surface area (Å²) >= 11 is 0. The minimum atomic E-state index is -0.497. The predicted octanol–water partition coefficient (Wildman–Crippen LogP) is 3.78. The van der Waals surface area contributed by atoms with Crippen molar-refractivity contribution >= 4 is 0 Å². The quantitative estimate of drug-likeness (QED) is 0.928. The Morgan fingerprint density at radius 1 is 1.00 bits per heavy atom. The molecule has 3 rings (SSSR count). The van der Waals surface area contributed by atoms with E-state index in [1.165, 1.54) is 11.1 Å². The lowest BCUT2D eigenvalue weighted by Gasteiger charge is -2.42. The molecule has 0 aromatic heterocycles. The van der Waals surface area contributed by atoms with Crippen LogP contribution < -0.4 is 0 Å². The number of aliphatic hydroxyl groups excluding tert-OH is 1. The monoisotopic (exact) mass is 282 g/mol. The van der Waals surface area contributed by atoms with Gasteiger partial charge in [0.1, 0.15) is 0 Å². The van der Waals surface area contributed by atoms with Crippen molar-refractivity contribution < 1.29 is 9.84 Å². The van der Waals surface area contributed by atoms with Crippen molar-refractivity contribution in [2.24, 2.45) is 0 Å². The Morgan fingerprint density at radius 2 is 1.71 bits per heavy atom. The molecule has 2 aromatic carbocycles. The lowest BCUT2D eigenvalue weighted by molar-refractivity contribution is -0.0170. The molecule has 0 spiro atoms. The molecule has 1 aliphatic heterocycles. The topological polar surface area (TPSA) is 29.5 Å². The van der Waals surface area contributed by atoms with Crippen LogP contribution in [0.5, 0.6) is 0 Å². The summed E-state index contributed by atoms with van der Waals surface area (Å²) in [5.74, 6) is 0. The van der Waals surface area contributed by atoms with Gasteiger partial charge in [-0.05, 0) is 30.9 Å². The van der Waals surface area contributed by atoms with E-state index >= 15 is 0 Å². The van der Waals surface area contributed by atoms with Crippen LogP contribution in [0.4, 0.5) is 0 Å². The van der Waals surface area contributed by atoms with Crippen LogP contribution in [-0.2, 0) is 10.2 Å². The standard InChI is InChI=1S/C19H22O2/c1-15-6-5-7-16(14-15)18(20)19(10-12-21-13-11-19)17-8-3-2-4-9-17/h2-9,14,18,20H,10-13H2,1H3. The predicted molar refractivity (Wildman–Crippen MR) is 84.3 cm³/mol. The van der Waals surface area contributed by atoms with Crippen molar-refractivity contribution in [3.8, 4) is 0 Å². The molecular formula is C19H22O2. The zero-order valence-electron chi connectivity index (χ0n) is 12.5. The Bertz CT molecular complexity index is 586. The van der Waals surface area contributed by atoms with Crippen LogP contribution in [0.1, 0.15) is 35.6 Å². The summed E-state index contributed by atoms with van der Waals surface area (Å²) in [5.41, 5.74) is 3.15. The van der Waals surface area contributed by atoms with Crippen LogP contribution >= 0.6 is 0 Å². The number of rotatable bonds is 3. The lowest BCUT2D eigenvalue weighted by atomic mass is 9.68. The highest BCUT2D eigenvalue weighted by atomic mass is 16.5. The zero-order chi connectivity index (χ0) is 14.7. The summed E-state index contributed by atoms with van der Waals surface area (Å²) in [5, 5.41) is 11.1. The molecule has 1 N–H and O–H groups in total. The summed E-state index contributed by atoms with van der Waals surface area (Å²) in [7, 11) is 0. The second-order valence-electron chi connectivity index (χ2n) is 5.95. The largest absolute Gasteiger partial charge is 0.387 e. The van der Waals surface area contributed by atoms with Crippen molar-refractivity contribution in [2.75, 3.05) is 13.2 Å². The van der Waals surface area contributed by atoms with E-state index in [0.29, 0.717) is 13.2 Å². The van der Waals surface area contributed by atoms with E-state index in [2.05, 4.69) is 43.3 Å². The summed E-state index contributed by atoms with van der Waals surface area (Å²) < 4.78 is 5.54. The number of benzene rings is 2. The molecule has 1 unspecified atom stereocenters. The zero-order valence-corrected chi connectivity index (χ0v) is 12.5. The molecule has 1 atom stereocenters. The molecule has 1 aliphatic rings. The fourth-order valence-corrected chi connectivity index (χ4v) is 3.38. The lowest BCUT2D eigenvalue weighted by Crippen LogP contribution is -2.39. The maximum atomic E-state index is 11.1. The van der Waals surface area contributed by atoms with E-state index in [0.717, 1.165) is 18.4 Å². The molecule has 21 heavy (non-hydrogen) atoms. The normalized spacial score (nSPS) is 19.1. The molecule has 1 saturated heterocycles. The average molecular weight is 282 g/mol. The van der Waals surface area contributed by atoms with Crippen LogP contribution in [0.2, 0.25) is 0 Å². The maximum absolute atomic E-state index is 11.1. The third-order valence-electron chi connectivity index (χ3n) is 4.62. The minimum Gasteiger partial charge on any atom is -0.387 e. The van der Waals surface area contributed by atoms with Crippen molar-refractivity contribution in [2.45, 2.75) is 31.3 Å². The molecule has 2 aromatic rings. The van der Waals surface area contributed by atoms with Gasteiger partial charge in [-0.2, -0.15) is 0 Å². The molecule has 2 heteroatoms. The van der Waals surface area contributed by atoms with Gasteiger partial charge in [0.15, 0.2) is 0 Å². The first kappa shape index (κ1) is 14.3. The fourth-order valence-electron chi connectivity index (χ4n) is 3.38. The molecule has 1 fully saturated rings. The van der Waals surface area contributed by atoms with Crippen LogP contribution in [0, 0.1) is 6.92 Å². The Labute approximate surface area is 126 Å². The number of aryl methyl sites for hydroxylation is 1. The summed E-state index contributed by atoms with van der Waals surface area (Å²) in [6.07, 6.45) is 1.21. The van der Waals surface area contributed by atoms with E-state index in [1.807, 2.05) is 18.2 Å². The number of hydrogen-bond acceptors (Lipinski definition) is 2. The first-order valence-electron chi connectivity index (χ1n) is 7.60. The summed E-state index contributed by atoms with van der Waals surface area (Å²) in [6, 6.07) is 18.6. The van der Waals surface area contributed by atoms with Gasteiger partial charge in [0.05, 0.1) is 6.10 Å². The highest BCUT2D eigenvalue weighted by Gasteiger charge is 2.41. The van der Waals surface area contributed by atoms with Gasteiger partial charge in [-0.15, -0.1) is 0 Å². The van der Waals surface area contributed by atoms with Crippen LogP contribution in [0.15, 0.2) is 54.6 Å². The van der Waals surface area contributed by atoms with Crippen molar-refractivity contribution in [1.29, 1.82) is 0 Å². The summed E-state index contributed by atoms with van der Waals surface area (Å²) in [4.78, 5) is 0. The average Bonchev–Trinajstić information content (AvgIpc) is 2.55.